The highest BCUT2D eigenvalue weighted by molar-refractivity contribution is 6.45. The molecule has 1 aromatic rings. The van der Waals surface area contributed by atoms with Gasteiger partial charge in [-0.1, -0.05) is 0 Å². The van der Waals surface area contributed by atoms with E-state index in [4.69, 9.17) is 14.0 Å². The molecule has 1 saturated heterocycles. The summed E-state index contributed by atoms with van der Waals surface area (Å²) in [5.41, 5.74) is -0.266. The normalized spacial score (nSPS) is 19.5. The van der Waals surface area contributed by atoms with Gasteiger partial charge in [0.05, 0.1) is 30.0 Å². The number of rotatable bonds is 7. The molecule has 0 saturated carbocycles. The summed E-state index contributed by atoms with van der Waals surface area (Å²) >= 11 is 0. The van der Waals surface area contributed by atoms with E-state index >= 15 is 0 Å². The predicted molar refractivity (Wildman–Crippen MR) is 94.8 cm³/mol. The molecule has 0 spiro atoms. The Morgan fingerprint density at radius 2 is 1.72 bits per heavy atom. The van der Waals surface area contributed by atoms with Gasteiger partial charge in [0.25, 0.3) is 0 Å². The number of aliphatic hydroxyl groups is 1. The topological polar surface area (TPSA) is 74.2 Å². The molecule has 1 aliphatic heterocycles. The third-order valence-corrected chi connectivity index (χ3v) is 4.76. The first-order chi connectivity index (χ1) is 11.6. The molecular formula is C18H27BO6. The molecule has 1 heterocycles. The zero-order valence-corrected chi connectivity index (χ0v) is 15.6. The van der Waals surface area contributed by atoms with Gasteiger partial charge in [-0.25, -0.2) is 4.79 Å². The van der Waals surface area contributed by atoms with E-state index in [1.807, 2.05) is 27.7 Å². The second-order valence-corrected chi connectivity index (χ2v) is 7.24. The van der Waals surface area contributed by atoms with Crippen molar-refractivity contribution in [1.82, 2.24) is 0 Å². The molecule has 138 valence electrons. The van der Waals surface area contributed by atoms with Crippen molar-refractivity contribution < 1.29 is 28.7 Å². The van der Waals surface area contributed by atoms with Crippen LogP contribution < -0.4 is 4.74 Å². The number of esters is 1. The van der Waals surface area contributed by atoms with Gasteiger partial charge in [0.15, 0.2) is 0 Å². The number of carbonyl (C=O) groups is 1. The first-order valence-electron chi connectivity index (χ1n) is 8.49. The summed E-state index contributed by atoms with van der Waals surface area (Å²) in [4.78, 5) is 11.4. The maximum atomic E-state index is 11.4. The molecule has 1 N–H and O–H groups in total. The maximum Gasteiger partial charge on any atom is 0.457 e. The summed E-state index contributed by atoms with van der Waals surface area (Å²) in [6.07, 6.45) is 0.481. The van der Waals surface area contributed by atoms with Crippen molar-refractivity contribution in [3.05, 3.63) is 29.8 Å². The third kappa shape index (κ3) is 4.97. The smallest absolute Gasteiger partial charge is 0.457 e. The fourth-order valence-electron chi connectivity index (χ4n) is 2.49. The van der Waals surface area contributed by atoms with E-state index in [2.05, 4.69) is 4.74 Å². The molecule has 0 bridgehead atoms. The summed E-state index contributed by atoms with van der Waals surface area (Å²) in [5.74, 6) is 0.191. The molecule has 0 amide bonds. The van der Waals surface area contributed by atoms with Crippen LogP contribution in [0.15, 0.2) is 24.3 Å². The standard InChI is InChI=1S/C18H27BO6/c1-17(2)18(3,4)25-19(24-17)11-10-14(20)12-23-15-8-6-13(7-9-15)16(21)22-5/h6-9,14,20H,10-12H2,1-5H3. The fourth-order valence-corrected chi connectivity index (χ4v) is 2.49. The quantitative estimate of drug-likeness (QED) is 0.602. The Labute approximate surface area is 149 Å². The van der Waals surface area contributed by atoms with Gasteiger partial charge in [-0.2, -0.15) is 0 Å². The zero-order chi connectivity index (χ0) is 18.7. The monoisotopic (exact) mass is 350 g/mol. The van der Waals surface area contributed by atoms with Crippen molar-refractivity contribution in [2.24, 2.45) is 0 Å². The molecule has 1 aromatic carbocycles. The first-order valence-corrected chi connectivity index (χ1v) is 8.49. The van der Waals surface area contributed by atoms with E-state index in [0.29, 0.717) is 24.1 Å². The van der Waals surface area contributed by atoms with E-state index in [1.165, 1.54) is 7.11 Å². The van der Waals surface area contributed by atoms with Crippen LogP contribution in [0.1, 0.15) is 44.5 Å². The molecule has 1 aliphatic rings. The molecule has 1 fully saturated rings. The summed E-state index contributed by atoms with van der Waals surface area (Å²) in [7, 11) is 1.02. The summed E-state index contributed by atoms with van der Waals surface area (Å²) in [6, 6.07) is 6.59. The molecule has 0 aliphatic carbocycles. The SMILES string of the molecule is COC(=O)c1ccc(OCC(O)CCB2OC(C)(C)C(C)(C)O2)cc1. The highest BCUT2D eigenvalue weighted by atomic mass is 16.7. The van der Waals surface area contributed by atoms with Crippen LogP contribution in [0.25, 0.3) is 0 Å². The van der Waals surface area contributed by atoms with Crippen molar-refractivity contribution in [1.29, 1.82) is 0 Å². The number of hydrogen-bond acceptors (Lipinski definition) is 6. The zero-order valence-electron chi connectivity index (χ0n) is 15.6. The van der Waals surface area contributed by atoms with E-state index in [9.17, 15) is 9.90 Å². The average Bonchev–Trinajstić information content (AvgIpc) is 2.78. The van der Waals surface area contributed by atoms with Crippen molar-refractivity contribution in [2.45, 2.75) is 57.7 Å². The van der Waals surface area contributed by atoms with E-state index < -0.39 is 12.1 Å². The number of carbonyl (C=O) groups excluding carboxylic acids is 1. The Kier molecular flexibility index (Phi) is 6.14. The van der Waals surface area contributed by atoms with Crippen LogP contribution in [0, 0.1) is 0 Å². The Balaban J connectivity index is 1.74. The van der Waals surface area contributed by atoms with Gasteiger partial charge in [0, 0.05) is 0 Å². The Bertz CT molecular complexity index is 568. The summed E-state index contributed by atoms with van der Waals surface area (Å²) < 4.78 is 22.0. The molecule has 2 rings (SSSR count). The lowest BCUT2D eigenvalue weighted by Crippen LogP contribution is -2.41. The van der Waals surface area contributed by atoms with Crippen LogP contribution in [0.5, 0.6) is 5.75 Å². The Morgan fingerprint density at radius 1 is 1.16 bits per heavy atom. The number of methoxy groups -OCH3 is 1. The highest BCUT2D eigenvalue weighted by Crippen LogP contribution is 2.38. The van der Waals surface area contributed by atoms with Crippen molar-refractivity contribution in [2.75, 3.05) is 13.7 Å². The van der Waals surface area contributed by atoms with E-state index in [1.54, 1.807) is 24.3 Å². The Morgan fingerprint density at radius 3 is 2.24 bits per heavy atom. The first kappa shape index (κ1) is 19.8. The minimum atomic E-state index is -0.626. The van der Waals surface area contributed by atoms with Gasteiger partial charge in [-0.15, -0.1) is 0 Å². The van der Waals surface area contributed by atoms with Crippen LogP contribution in [-0.4, -0.2) is 49.2 Å². The van der Waals surface area contributed by atoms with Crippen LogP contribution in [-0.2, 0) is 14.0 Å². The van der Waals surface area contributed by atoms with Gasteiger partial charge < -0.3 is 23.9 Å². The molecule has 6 nitrogen and oxygen atoms in total. The number of aliphatic hydroxyl groups excluding tert-OH is 1. The van der Waals surface area contributed by atoms with Gasteiger partial charge in [-0.05, 0) is 64.7 Å². The minimum Gasteiger partial charge on any atom is -0.491 e. The van der Waals surface area contributed by atoms with Gasteiger partial charge in [0.1, 0.15) is 12.4 Å². The lowest BCUT2D eigenvalue weighted by Gasteiger charge is -2.32. The number of benzene rings is 1. The summed E-state index contributed by atoms with van der Waals surface area (Å²) in [5, 5.41) is 10.1. The second-order valence-electron chi connectivity index (χ2n) is 7.24. The highest BCUT2D eigenvalue weighted by Gasteiger charge is 2.50. The molecule has 1 unspecified atom stereocenters. The van der Waals surface area contributed by atoms with E-state index in [0.717, 1.165) is 0 Å². The van der Waals surface area contributed by atoms with Gasteiger partial charge >= 0.3 is 13.1 Å². The molecule has 0 aromatic heterocycles. The molecular weight excluding hydrogens is 323 g/mol. The number of ether oxygens (including phenoxy) is 2. The van der Waals surface area contributed by atoms with Crippen molar-refractivity contribution in [3.8, 4) is 5.75 Å². The third-order valence-electron chi connectivity index (χ3n) is 4.76. The predicted octanol–water partition coefficient (Wildman–Crippen LogP) is 2.70. The average molecular weight is 350 g/mol. The lowest BCUT2D eigenvalue weighted by atomic mass is 9.82. The Hall–Kier alpha value is -1.57. The van der Waals surface area contributed by atoms with Crippen LogP contribution in [0.4, 0.5) is 0 Å². The van der Waals surface area contributed by atoms with Crippen LogP contribution >= 0.6 is 0 Å². The van der Waals surface area contributed by atoms with Crippen molar-refractivity contribution >= 4 is 13.1 Å². The summed E-state index contributed by atoms with van der Waals surface area (Å²) in [6.45, 7) is 8.18. The van der Waals surface area contributed by atoms with Crippen molar-refractivity contribution in [3.63, 3.8) is 0 Å². The number of hydrogen-bond donors (Lipinski definition) is 1. The maximum absolute atomic E-state index is 11.4. The molecule has 1 atom stereocenters. The van der Waals surface area contributed by atoms with Crippen LogP contribution in [0.3, 0.4) is 0 Å². The second kappa shape index (κ2) is 7.76. The van der Waals surface area contributed by atoms with Gasteiger partial charge in [-0.3, -0.25) is 0 Å². The largest absolute Gasteiger partial charge is 0.491 e. The minimum absolute atomic E-state index is 0.164. The molecule has 0 radical (unpaired) electrons. The molecule has 7 heteroatoms. The molecule has 25 heavy (non-hydrogen) atoms. The van der Waals surface area contributed by atoms with Gasteiger partial charge in [0.2, 0.25) is 0 Å². The van der Waals surface area contributed by atoms with Crippen LogP contribution in [0.2, 0.25) is 6.32 Å². The van der Waals surface area contributed by atoms with E-state index in [-0.39, 0.29) is 24.9 Å². The lowest BCUT2D eigenvalue weighted by molar-refractivity contribution is 0.00578. The fraction of sp³-hybridized carbons (Fsp3) is 0.611.